The third kappa shape index (κ3) is 5.98. The van der Waals surface area contributed by atoms with Crippen LogP contribution in [0.2, 0.25) is 0 Å². The fourth-order valence-electron chi connectivity index (χ4n) is 4.18. The van der Waals surface area contributed by atoms with Crippen LogP contribution in [0.25, 0.3) is 0 Å². The minimum absolute atomic E-state index is 0.281. The van der Waals surface area contributed by atoms with Gasteiger partial charge in [0.2, 0.25) is 0 Å². The van der Waals surface area contributed by atoms with Gasteiger partial charge >= 0.3 is 0 Å². The lowest BCUT2D eigenvalue weighted by Gasteiger charge is -2.29. The van der Waals surface area contributed by atoms with E-state index in [1.54, 1.807) is 0 Å². The number of piperidine rings is 1. The second-order valence-electron chi connectivity index (χ2n) is 7.57. The van der Waals surface area contributed by atoms with Crippen LogP contribution >= 0.6 is 0 Å². The molecule has 0 aromatic carbocycles. The molecule has 2 unspecified atom stereocenters. The van der Waals surface area contributed by atoms with E-state index in [-0.39, 0.29) is 12.2 Å². The molecule has 3 rings (SSSR count). The summed E-state index contributed by atoms with van der Waals surface area (Å²) in [5.74, 6) is 0.789. The van der Waals surface area contributed by atoms with Gasteiger partial charge in [-0.15, -0.1) is 0 Å². The molecule has 0 saturated carbocycles. The standard InChI is InChI=1S/C18H34N2O3/c21-17(15-23-18-5-10-22-11-6-18)14-20-9-4-16(13-20)12-19-7-2-1-3-8-19/h16-18,21H,1-15H2. The summed E-state index contributed by atoms with van der Waals surface area (Å²) in [7, 11) is 0. The molecule has 0 radical (unpaired) electrons. The first-order valence-electron chi connectivity index (χ1n) is 9.62. The van der Waals surface area contributed by atoms with Crippen molar-refractivity contribution >= 4 is 0 Å². The molecule has 3 saturated heterocycles. The Morgan fingerprint density at radius 3 is 2.57 bits per heavy atom. The van der Waals surface area contributed by atoms with Gasteiger partial charge < -0.3 is 24.4 Å². The van der Waals surface area contributed by atoms with Crippen LogP contribution in [0.15, 0.2) is 0 Å². The van der Waals surface area contributed by atoms with Gasteiger partial charge in [-0.1, -0.05) is 6.42 Å². The molecule has 2 atom stereocenters. The van der Waals surface area contributed by atoms with Crippen molar-refractivity contribution in [2.75, 3.05) is 59.1 Å². The van der Waals surface area contributed by atoms with E-state index in [1.165, 1.54) is 45.3 Å². The zero-order valence-electron chi connectivity index (χ0n) is 14.5. The zero-order chi connectivity index (χ0) is 15.9. The first kappa shape index (κ1) is 17.6. The van der Waals surface area contributed by atoms with Crippen molar-refractivity contribution in [2.45, 2.75) is 50.7 Å². The van der Waals surface area contributed by atoms with Crippen LogP contribution in [0, 0.1) is 5.92 Å². The summed E-state index contributed by atoms with van der Waals surface area (Å²) < 4.78 is 11.2. The Hall–Kier alpha value is -0.200. The number of rotatable bonds is 7. The third-order valence-corrected chi connectivity index (χ3v) is 5.50. The zero-order valence-corrected chi connectivity index (χ0v) is 14.5. The molecule has 0 aliphatic carbocycles. The first-order chi connectivity index (χ1) is 11.3. The summed E-state index contributed by atoms with van der Waals surface area (Å²) in [6.07, 6.45) is 7.30. The highest BCUT2D eigenvalue weighted by Gasteiger charge is 2.26. The van der Waals surface area contributed by atoms with Gasteiger partial charge in [-0.2, -0.15) is 0 Å². The minimum atomic E-state index is -0.355. The number of hydrogen-bond acceptors (Lipinski definition) is 5. The molecule has 0 aromatic heterocycles. The Morgan fingerprint density at radius 1 is 1.00 bits per heavy atom. The predicted molar refractivity (Wildman–Crippen MR) is 90.6 cm³/mol. The van der Waals surface area contributed by atoms with E-state index in [0.29, 0.717) is 6.61 Å². The molecule has 1 N–H and O–H groups in total. The van der Waals surface area contributed by atoms with Crippen molar-refractivity contribution in [2.24, 2.45) is 5.92 Å². The monoisotopic (exact) mass is 326 g/mol. The number of aliphatic hydroxyl groups excluding tert-OH is 1. The molecule has 5 nitrogen and oxygen atoms in total. The molecule has 0 bridgehead atoms. The van der Waals surface area contributed by atoms with E-state index >= 15 is 0 Å². The molecule has 134 valence electrons. The van der Waals surface area contributed by atoms with Gasteiger partial charge in [0.1, 0.15) is 0 Å². The van der Waals surface area contributed by atoms with Gasteiger partial charge in [0.05, 0.1) is 18.8 Å². The van der Waals surface area contributed by atoms with Crippen molar-refractivity contribution in [3.8, 4) is 0 Å². The summed E-state index contributed by atoms with van der Waals surface area (Å²) in [5, 5.41) is 10.2. The van der Waals surface area contributed by atoms with E-state index in [1.807, 2.05) is 0 Å². The van der Waals surface area contributed by atoms with Crippen LogP contribution < -0.4 is 0 Å². The predicted octanol–water partition coefficient (Wildman–Crippen LogP) is 1.35. The summed E-state index contributed by atoms with van der Waals surface area (Å²) in [4.78, 5) is 5.06. The molecular formula is C18H34N2O3. The van der Waals surface area contributed by atoms with Gasteiger partial charge in [-0.25, -0.2) is 0 Å². The van der Waals surface area contributed by atoms with Gasteiger partial charge in [0, 0.05) is 32.8 Å². The minimum Gasteiger partial charge on any atom is -0.389 e. The summed E-state index contributed by atoms with van der Waals surface area (Å²) in [6.45, 7) is 8.94. The highest BCUT2D eigenvalue weighted by Crippen LogP contribution is 2.20. The highest BCUT2D eigenvalue weighted by molar-refractivity contribution is 4.81. The molecule has 3 aliphatic rings. The van der Waals surface area contributed by atoms with Crippen LogP contribution in [-0.2, 0) is 9.47 Å². The second kappa shape index (κ2) is 9.33. The summed E-state index contributed by atoms with van der Waals surface area (Å²) in [6, 6.07) is 0. The Balaban J connectivity index is 1.29. The lowest BCUT2D eigenvalue weighted by atomic mass is 10.1. The van der Waals surface area contributed by atoms with Crippen LogP contribution in [0.3, 0.4) is 0 Å². The van der Waals surface area contributed by atoms with E-state index in [2.05, 4.69) is 9.80 Å². The van der Waals surface area contributed by atoms with Crippen LogP contribution in [0.4, 0.5) is 0 Å². The molecule has 3 heterocycles. The van der Waals surface area contributed by atoms with E-state index in [0.717, 1.165) is 51.6 Å². The maximum Gasteiger partial charge on any atom is 0.0900 e. The second-order valence-corrected chi connectivity index (χ2v) is 7.57. The fraction of sp³-hybridized carbons (Fsp3) is 1.00. The SMILES string of the molecule is OC(COC1CCOCC1)CN1CCC(CN2CCCCC2)C1. The molecule has 3 fully saturated rings. The smallest absolute Gasteiger partial charge is 0.0900 e. The van der Waals surface area contributed by atoms with Gasteiger partial charge in [0.15, 0.2) is 0 Å². The Bertz CT molecular complexity index is 330. The van der Waals surface area contributed by atoms with Crippen molar-refractivity contribution in [3.63, 3.8) is 0 Å². The van der Waals surface area contributed by atoms with E-state index < -0.39 is 0 Å². The first-order valence-corrected chi connectivity index (χ1v) is 9.62. The van der Waals surface area contributed by atoms with E-state index in [9.17, 15) is 5.11 Å². The fourth-order valence-corrected chi connectivity index (χ4v) is 4.18. The molecule has 0 amide bonds. The lowest BCUT2D eigenvalue weighted by molar-refractivity contribution is -0.0633. The molecule has 0 aromatic rings. The number of likely N-dealkylation sites (tertiary alicyclic amines) is 2. The topological polar surface area (TPSA) is 45.2 Å². The normalized spacial score (nSPS) is 29.9. The number of hydrogen-bond donors (Lipinski definition) is 1. The van der Waals surface area contributed by atoms with Crippen LogP contribution in [0.1, 0.15) is 38.5 Å². The van der Waals surface area contributed by atoms with Crippen molar-refractivity contribution in [1.29, 1.82) is 0 Å². The van der Waals surface area contributed by atoms with Gasteiger partial charge in [-0.3, -0.25) is 0 Å². The van der Waals surface area contributed by atoms with Crippen molar-refractivity contribution in [3.05, 3.63) is 0 Å². The number of ether oxygens (including phenoxy) is 2. The number of β-amino-alcohol motifs (C(OH)–C–C–N with tert-alkyl or cyclic N) is 1. The van der Waals surface area contributed by atoms with Crippen LogP contribution in [0.5, 0.6) is 0 Å². The van der Waals surface area contributed by atoms with Gasteiger partial charge in [-0.05, 0) is 57.7 Å². The molecule has 3 aliphatic heterocycles. The maximum absolute atomic E-state index is 10.2. The molecule has 23 heavy (non-hydrogen) atoms. The third-order valence-electron chi connectivity index (χ3n) is 5.50. The Kier molecular flexibility index (Phi) is 7.14. The number of nitrogens with zero attached hydrogens (tertiary/aromatic N) is 2. The summed E-state index contributed by atoms with van der Waals surface area (Å²) in [5.41, 5.74) is 0. The van der Waals surface area contributed by atoms with Crippen LogP contribution in [-0.4, -0.2) is 86.2 Å². The quantitative estimate of drug-likeness (QED) is 0.765. The van der Waals surface area contributed by atoms with E-state index in [4.69, 9.17) is 9.47 Å². The lowest BCUT2D eigenvalue weighted by Crippen LogP contribution is -2.37. The van der Waals surface area contributed by atoms with Crippen molar-refractivity contribution in [1.82, 2.24) is 9.80 Å². The maximum atomic E-state index is 10.2. The molecular weight excluding hydrogens is 292 g/mol. The summed E-state index contributed by atoms with van der Waals surface area (Å²) >= 11 is 0. The Morgan fingerprint density at radius 2 is 1.78 bits per heavy atom. The number of aliphatic hydroxyl groups is 1. The largest absolute Gasteiger partial charge is 0.389 e. The molecule has 5 heteroatoms. The Labute approximate surface area is 140 Å². The average molecular weight is 326 g/mol. The molecule has 0 spiro atoms. The average Bonchev–Trinajstić information content (AvgIpc) is 3.02. The van der Waals surface area contributed by atoms with Gasteiger partial charge in [0.25, 0.3) is 0 Å². The van der Waals surface area contributed by atoms with Crippen molar-refractivity contribution < 1.29 is 14.6 Å². The highest BCUT2D eigenvalue weighted by atomic mass is 16.5.